The van der Waals surface area contributed by atoms with Gasteiger partial charge in [0, 0.05) is 17.7 Å². The van der Waals surface area contributed by atoms with E-state index in [0.717, 1.165) is 29.7 Å². The highest BCUT2D eigenvalue weighted by Gasteiger charge is 2.29. The molecule has 3 rings (SSSR count). The van der Waals surface area contributed by atoms with Gasteiger partial charge in [-0.2, -0.15) is 13.2 Å². The van der Waals surface area contributed by atoms with Crippen LogP contribution in [-0.2, 0) is 40.1 Å². The number of amides is 1. The van der Waals surface area contributed by atoms with E-state index in [4.69, 9.17) is 4.74 Å². The Balaban J connectivity index is 1.42. The minimum absolute atomic E-state index is 0.0961. The molecule has 0 aromatic heterocycles. The largest absolute Gasteiger partial charge is 0.454 e. The zero-order valence-corrected chi connectivity index (χ0v) is 21.2. The summed E-state index contributed by atoms with van der Waals surface area (Å²) in [5, 5.41) is 2.34. The lowest BCUT2D eigenvalue weighted by Gasteiger charge is -2.09. The fraction of sp³-hybridized carbons (Fsp3) is 0.290. The number of hydrogen-bond donors (Lipinski definition) is 1. The van der Waals surface area contributed by atoms with Gasteiger partial charge in [0.15, 0.2) is 0 Å². The van der Waals surface area contributed by atoms with Crippen molar-refractivity contribution in [1.29, 1.82) is 0 Å². The number of nitrogens with one attached hydrogen (secondary N) is 1. The van der Waals surface area contributed by atoms with E-state index in [2.05, 4.69) is 36.2 Å². The number of hydrogen-bond acceptors (Lipinski definition) is 3. The number of carbonyl (C=O) groups is 2. The number of alkyl halides is 3. The number of aryl methyl sites for hydroxylation is 1. The van der Waals surface area contributed by atoms with Gasteiger partial charge in [-0.15, -0.1) is 0 Å². The molecule has 0 aliphatic rings. The first-order valence-electron chi connectivity index (χ1n) is 12.6. The van der Waals surface area contributed by atoms with Gasteiger partial charge in [0.05, 0.1) is 5.56 Å². The Hall–Kier alpha value is -4.05. The SMILES string of the molecule is CCCCCCc1ccc(C#Cc2ccc(COC(=O)C(=O)NCc3ccc(C(F)(F)F)cc3)cc2)cc1. The number of carbonyl (C=O) groups excluding carboxylic acids is 2. The second kappa shape index (κ2) is 14.0. The maximum atomic E-state index is 12.6. The van der Waals surface area contributed by atoms with Gasteiger partial charge in [0.25, 0.3) is 0 Å². The monoisotopic (exact) mass is 521 g/mol. The van der Waals surface area contributed by atoms with Crippen LogP contribution in [0.4, 0.5) is 13.2 Å². The first-order chi connectivity index (χ1) is 18.2. The molecule has 38 heavy (non-hydrogen) atoms. The van der Waals surface area contributed by atoms with Crippen molar-refractivity contribution >= 4 is 11.9 Å². The van der Waals surface area contributed by atoms with E-state index in [-0.39, 0.29) is 13.2 Å². The van der Waals surface area contributed by atoms with Crippen molar-refractivity contribution in [3.63, 3.8) is 0 Å². The lowest BCUT2D eigenvalue weighted by Crippen LogP contribution is -2.32. The first kappa shape index (κ1) is 28.5. The van der Waals surface area contributed by atoms with E-state index < -0.39 is 23.6 Å². The summed E-state index contributed by atoms with van der Waals surface area (Å²) < 4.78 is 42.9. The molecule has 0 heterocycles. The second-order valence-corrected chi connectivity index (χ2v) is 8.91. The van der Waals surface area contributed by atoms with Crippen molar-refractivity contribution in [2.75, 3.05) is 0 Å². The van der Waals surface area contributed by atoms with Crippen molar-refractivity contribution in [3.8, 4) is 11.8 Å². The molecule has 0 aliphatic heterocycles. The molecule has 0 spiro atoms. The van der Waals surface area contributed by atoms with Crippen molar-refractivity contribution in [2.24, 2.45) is 0 Å². The Morgan fingerprint density at radius 1 is 0.763 bits per heavy atom. The van der Waals surface area contributed by atoms with Crippen molar-refractivity contribution in [3.05, 3.63) is 106 Å². The molecule has 1 N–H and O–H groups in total. The first-order valence-corrected chi connectivity index (χ1v) is 12.6. The van der Waals surface area contributed by atoms with Gasteiger partial charge >= 0.3 is 18.1 Å². The van der Waals surface area contributed by atoms with Gasteiger partial charge < -0.3 is 10.1 Å². The zero-order chi connectivity index (χ0) is 27.4. The molecule has 0 bridgehead atoms. The number of esters is 1. The molecule has 0 saturated carbocycles. The number of ether oxygens (including phenoxy) is 1. The lowest BCUT2D eigenvalue weighted by atomic mass is 10.0. The highest BCUT2D eigenvalue weighted by Crippen LogP contribution is 2.29. The summed E-state index contributed by atoms with van der Waals surface area (Å²) in [5.74, 6) is 4.21. The predicted octanol–water partition coefficient (Wildman–Crippen LogP) is 6.59. The normalized spacial score (nSPS) is 10.8. The van der Waals surface area contributed by atoms with E-state index in [1.54, 1.807) is 12.1 Å². The number of benzene rings is 3. The maximum Gasteiger partial charge on any atom is 0.416 e. The van der Waals surface area contributed by atoms with Crippen LogP contribution >= 0.6 is 0 Å². The third-order valence-corrected chi connectivity index (χ3v) is 5.87. The molecule has 7 heteroatoms. The van der Waals surface area contributed by atoms with Crippen LogP contribution in [-0.4, -0.2) is 11.9 Å². The van der Waals surface area contributed by atoms with Gasteiger partial charge in [-0.1, -0.05) is 74.4 Å². The average Bonchev–Trinajstić information content (AvgIpc) is 2.92. The van der Waals surface area contributed by atoms with Crippen LogP contribution in [0.1, 0.15) is 66.0 Å². The number of rotatable bonds is 9. The molecule has 198 valence electrons. The minimum atomic E-state index is -4.43. The van der Waals surface area contributed by atoms with Crippen LogP contribution in [0.15, 0.2) is 72.8 Å². The molecule has 0 unspecified atom stereocenters. The van der Waals surface area contributed by atoms with E-state index in [1.807, 2.05) is 24.3 Å². The smallest absolute Gasteiger partial charge is 0.416 e. The minimum Gasteiger partial charge on any atom is -0.454 e. The van der Waals surface area contributed by atoms with Crippen LogP contribution in [0.3, 0.4) is 0 Å². The fourth-order valence-electron chi connectivity index (χ4n) is 3.62. The van der Waals surface area contributed by atoms with Gasteiger partial charge in [0.1, 0.15) is 6.61 Å². The summed E-state index contributed by atoms with van der Waals surface area (Å²) in [6, 6.07) is 19.7. The van der Waals surface area contributed by atoms with Crippen LogP contribution in [0, 0.1) is 11.8 Å². The zero-order valence-electron chi connectivity index (χ0n) is 21.2. The summed E-state index contributed by atoms with van der Waals surface area (Å²) in [6.45, 7) is 2.01. The average molecular weight is 522 g/mol. The Labute approximate surface area is 221 Å². The van der Waals surface area contributed by atoms with Crippen LogP contribution < -0.4 is 5.32 Å². The fourth-order valence-corrected chi connectivity index (χ4v) is 3.62. The highest BCUT2D eigenvalue weighted by atomic mass is 19.4. The van der Waals surface area contributed by atoms with Crippen LogP contribution in [0.2, 0.25) is 0 Å². The third-order valence-electron chi connectivity index (χ3n) is 5.87. The Morgan fingerprint density at radius 3 is 1.87 bits per heavy atom. The maximum absolute atomic E-state index is 12.6. The van der Waals surface area contributed by atoms with Crippen molar-refractivity contribution in [2.45, 2.75) is 58.4 Å². The van der Waals surface area contributed by atoms with E-state index >= 15 is 0 Å². The Bertz CT molecular complexity index is 1250. The summed E-state index contributed by atoms with van der Waals surface area (Å²) in [7, 11) is 0. The molecule has 3 aromatic carbocycles. The molecule has 3 aromatic rings. The number of unbranched alkanes of at least 4 members (excludes halogenated alkanes) is 3. The quantitative estimate of drug-likeness (QED) is 0.150. The molecule has 1 amide bonds. The van der Waals surface area contributed by atoms with Crippen molar-refractivity contribution < 1.29 is 27.5 Å². The van der Waals surface area contributed by atoms with Gasteiger partial charge in [-0.25, -0.2) is 4.79 Å². The Kier molecular flexibility index (Phi) is 10.5. The predicted molar refractivity (Wildman–Crippen MR) is 140 cm³/mol. The number of halogens is 3. The Morgan fingerprint density at radius 2 is 1.32 bits per heavy atom. The summed E-state index contributed by atoms with van der Waals surface area (Å²) in [5.41, 5.74) is 3.38. The standard InChI is InChI=1S/C31H30F3NO3/c1-2-3-4-5-6-23-7-9-24(10-8-23)11-12-25-13-15-27(16-14-25)22-38-30(37)29(36)35-21-26-17-19-28(20-18-26)31(32,33)34/h7-10,13-20H,2-6,21-22H2,1H3,(H,35,36). The van der Waals surface area contributed by atoms with Crippen molar-refractivity contribution in [1.82, 2.24) is 5.32 Å². The third kappa shape index (κ3) is 9.44. The van der Waals surface area contributed by atoms with Crippen LogP contribution in [0.5, 0.6) is 0 Å². The summed E-state index contributed by atoms with van der Waals surface area (Å²) >= 11 is 0. The van der Waals surface area contributed by atoms with Gasteiger partial charge in [-0.05, 0) is 65.9 Å². The van der Waals surface area contributed by atoms with Crippen LogP contribution in [0.25, 0.3) is 0 Å². The van der Waals surface area contributed by atoms with E-state index in [9.17, 15) is 22.8 Å². The molecule has 0 atom stereocenters. The molecule has 0 radical (unpaired) electrons. The molecular weight excluding hydrogens is 491 g/mol. The molecule has 0 saturated heterocycles. The summed E-state index contributed by atoms with van der Waals surface area (Å²) in [6.07, 6.45) is 1.61. The molecule has 0 aliphatic carbocycles. The van der Waals surface area contributed by atoms with E-state index in [1.165, 1.54) is 43.4 Å². The molecule has 4 nitrogen and oxygen atoms in total. The molecular formula is C31H30F3NO3. The topological polar surface area (TPSA) is 55.4 Å². The second-order valence-electron chi connectivity index (χ2n) is 8.91. The lowest BCUT2D eigenvalue weighted by molar-refractivity contribution is -0.155. The van der Waals surface area contributed by atoms with Gasteiger partial charge in [-0.3, -0.25) is 4.79 Å². The summed E-state index contributed by atoms with van der Waals surface area (Å²) in [4.78, 5) is 23.9. The highest BCUT2D eigenvalue weighted by molar-refractivity contribution is 6.32. The van der Waals surface area contributed by atoms with E-state index in [0.29, 0.717) is 11.1 Å². The van der Waals surface area contributed by atoms with Gasteiger partial charge in [0.2, 0.25) is 0 Å². The molecule has 0 fully saturated rings.